The van der Waals surface area contributed by atoms with Crippen LogP contribution >= 0.6 is 0 Å². The molecule has 9 heteroatoms. The molecule has 1 aliphatic heterocycles. The lowest BCUT2D eigenvalue weighted by molar-refractivity contribution is -0.0498. The van der Waals surface area contributed by atoms with Crippen molar-refractivity contribution in [2.75, 3.05) is 33.3 Å². The van der Waals surface area contributed by atoms with Crippen molar-refractivity contribution in [3.8, 4) is 11.5 Å². The first-order valence-electron chi connectivity index (χ1n) is 11.0. The van der Waals surface area contributed by atoms with E-state index in [4.69, 9.17) is 4.74 Å². The van der Waals surface area contributed by atoms with Crippen molar-refractivity contribution in [3.63, 3.8) is 0 Å². The first-order chi connectivity index (χ1) is 15.8. The first-order valence-corrected chi connectivity index (χ1v) is 12.4. The van der Waals surface area contributed by atoms with Crippen LogP contribution in [0.4, 0.5) is 8.78 Å². The molecule has 1 saturated heterocycles. The van der Waals surface area contributed by atoms with Crippen molar-refractivity contribution in [3.05, 3.63) is 64.1 Å². The van der Waals surface area contributed by atoms with Crippen molar-refractivity contribution in [1.29, 1.82) is 0 Å². The van der Waals surface area contributed by atoms with Gasteiger partial charge in [-0.3, -0.25) is 4.90 Å². The third-order valence-electron chi connectivity index (χ3n) is 6.08. The third kappa shape index (κ3) is 5.72. The number of fused-ring (bicyclic) bond motifs is 1. The maximum Gasteiger partial charge on any atom is 0.387 e. The predicted octanol–water partition coefficient (Wildman–Crippen LogP) is 4.12. The molecular weight excluding hydrogens is 450 g/mol. The average molecular weight is 479 g/mol. The molecular formula is C24H28F2N2O4S. The van der Waals surface area contributed by atoms with Gasteiger partial charge in [0.1, 0.15) is 11.5 Å². The molecule has 1 fully saturated rings. The molecule has 2 aromatic rings. The summed E-state index contributed by atoms with van der Waals surface area (Å²) in [6.45, 7) is 0.273. The SMILES string of the molecule is COc1ccc(CN2CCCN(S(=O)(=O)C3=Cc4ccc(OC(F)F)cc4CC3)CC2)cc1. The number of rotatable bonds is 7. The molecule has 0 saturated carbocycles. The summed E-state index contributed by atoms with van der Waals surface area (Å²) in [5, 5.41) is 0. The minimum absolute atomic E-state index is 0.0907. The standard InChI is InChI=1S/C24H28F2N2O4S/c1-31-21-7-3-18(4-8-21)17-27-11-2-12-28(14-13-27)33(29,30)23-10-6-19-15-22(32-24(25)26)9-5-20(19)16-23/h3-5,7-9,15-16,24H,2,6,10-14,17H2,1H3. The Morgan fingerprint density at radius 1 is 0.970 bits per heavy atom. The number of aryl methyl sites for hydroxylation is 1. The molecule has 0 N–H and O–H groups in total. The minimum atomic E-state index is -3.59. The number of alkyl halides is 2. The number of nitrogens with zero attached hydrogens (tertiary/aromatic N) is 2. The van der Waals surface area contributed by atoms with E-state index in [0.29, 0.717) is 37.4 Å². The van der Waals surface area contributed by atoms with E-state index in [1.807, 2.05) is 24.3 Å². The van der Waals surface area contributed by atoms with Gasteiger partial charge in [-0.1, -0.05) is 18.2 Å². The normalized spacial score (nSPS) is 17.9. The van der Waals surface area contributed by atoms with Gasteiger partial charge in [-0.2, -0.15) is 13.1 Å². The van der Waals surface area contributed by atoms with E-state index in [1.54, 1.807) is 29.6 Å². The Kier molecular flexibility index (Phi) is 7.31. The fraction of sp³-hybridized carbons (Fsp3) is 0.417. The highest BCUT2D eigenvalue weighted by Crippen LogP contribution is 2.32. The molecule has 1 aliphatic carbocycles. The van der Waals surface area contributed by atoms with E-state index in [0.717, 1.165) is 42.0 Å². The molecule has 2 aromatic carbocycles. The number of benzene rings is 2. The number of sulfonamides is 1. The van der Waals surface area contributed by atoms with E-state index in [2.05, 4.69) is 9.64 Å². The number of ether oxygens (including phenoxy) is 2. The minimum Gasteiger partial charge on any atom is -0.497 e. The van der Waals surface area contributed by atoms with Crippen molar-refractivity contribution < 1.29 is 26.7 Å². The third-order valence-corrected chi connectivity index (χ3v) is 8.11. The largest absolute Gasteiger partial charge is 0.497 e. The Balaban J connectivity index is 1.42. The fourth-order valence-electron chi connectivity index (χ4n) is 4.32. The van der Waals surface area contributed by atoms with E-state index in [1.165, 1.54) is 6.07 Å². The molecule has 1 heterocycles. The zero-order valence-corrected chi connectivity index (χ0v) is 19.4. The monoisotopic (exact) mass is 478 g/mol. The maximum absolute atomic E-state index is 13.4. The van der Waals surface area contributed by atoms with Crippen LogP contribution in [0, 0.1) is 0 Å². The highest BCUT2D eigenvalue weighted by atomic mass is 32.2. The smallest absolute Gasteiger partial charge is 0.387 e. The number of halogens is 2. The van der Waals surface area contributed by atoms with Gasteiger partial charge in [0.25, 0.3) is 0 Å². The molecule has 178 valence electrons. The molecule has 0 bridgehead atoms. The van der Waals surface area contributed by atoms with Crippen LogP contribution in [0.1, 0.15) is 29.5 Å². The van der Waals surface area contributed by atoms with Crippen LogP contribution in [-0.4, -0.2) is 57.5 Å². The van der Waals surface area contributed by atoms with Crippen molar-refractivity contribution in [2.45, 2.75) is 32.4 Å². The second-order valence-electron chi connectivity index (χ2n) is 8.23. The van der Waals surface area contributed by atoms with Crippen LogP contribution in [-0.2, 0) is 23.0 Å². The lowest BCUT2D eigenvalue weighted by Crippen LogP contribution is -2.36. The maximum atomic E-state index is 13.4. The van der Waals surface area contributed by atoms with E-state index >= 15 is 0 Å². The van der Waals surface area contributed by atoms with Gasteiger partial charge in [-0.15, -0.1) is 0 Å². The number of hydrogen-bond donors (Lipinski definition) is 0. The molecule has 0 spiro atoms. The van der Waals surface area contributed by atoms with Crippen LogP contribution in [0.3, 0.4) is 0 Å². The van der Waals surface area contributed by atoms with Gasteiger partial charge in [0.2, 0.25) is 10.0 Å². The Bertz CT molecular complexity index is 1100. The number of allylic oxidation sites excluding steroid dienone is 1. The van der Waals surface area contributed by atoms with Crippen molar-refractivity contribution in [2.24, 2.45) is 0 Å². The predicted molar refractivity (Wildman–Crippen MR) is 123 cm³/mol. The summed E-state index contributed by atoms with van der Waals surface area (Å²) in [7, 11) is -1.95. The van der Waals surface area contributed by atoms with Crippen molar-refractivity contribution >= 4 is 16.1 Å². The van der Waals surface area contributed by atoms with Gasteiger partial charge in [0.15, 0.2) is 0 Å². The van der Waals surface area contributed by atoms with Gasteiger partial charge < -0.3 is 9.47 Å². The molecule has 2 aliphatic rings. The van der Waals surface area contributed by atoms with Crippen molar-refractivity contribution in [1.82, 2.24) is 9.21 Å². The number of methoxy groups -OCH3 is 1. The second-order valence-corrected chi connectivity index (χ2v) is 10.2. The number of hydrogen-bond acceptors (Lipinski definition) is 5. The van der Waals surface area contributed by atoms with Crippen LogP contribution in [0.25, 0.3) is 6.08 Å². The summed E-state index contributed by atoms with van der Waals surface area (Å²) in [5.41, 5.74) is 2.71. The second kappa shape index (κ2) is 10.2. The Morgan fingerprint density at radius 2 is 1.73 bits per heavy atom. The molecule has 33 heavy (non-hydrogen) atoms. The topological polar surface area (TPSA) is 59.1 Å². The van der Waals surface area contributed by atoms with Gasteiger partial charge >= 0.3 is 6.61 Å². The Hall–Kier alpha value is -2.49. The van der Waals surface area contributed by atoms with E-state index < -0.39 is 16.6 Å². The summed E-state index contributed by atoms with van der Waals surface area (Å²) in [5.74, 6) is 0.903. The zero-order valence-electron chi connectivity index (χ0n) is 18.5. The molecule has 0 radical (unpaired) electrons. The average Bonchev–Trinajstić information content (AvgIpc) is 3.05. The lowest BCUT2D eigenvalue weighted by Gasteiger charge is -2.25. The van der Waals surface area contributed by atoms with Gasteiger partial charge in [0, 0.05) is 26.2 Å². The molecule has 0 aromatic heterocycles. The zero-order chi connectivity index (χ0) is 23.4. The Morgan fingerprint density at radius 3 is 2.45 bits per heavy atom. The lowest BCUT2D eigenvalue weighted by atomic mass is 9.97. The molecule has 0 atom stereocenters. The fourth-order valence-corrected chi connectivity index (χ4v) is 5.98. The van der Waals surface area contributed by atoms with Gasteiger partial charge in [-0.05, 0) is 72.8 Å². The molecule has 0 amide bonds. The van der Waals surface area contributed by atoms with E-state index in [9.17, 15) is 17.2 Å². The summed E-state index contributed by atoms with van der Waals surface area (Å²) >= 11 is 0. The van der Waals surface area contributed by atoms with E-state index in [-0.39, 0.29) is 5.75 Å². The summed E-state index contributed by atoms with van der Waals surface area (Å²) < 4.78 is 62.9. The quantitative estimate of drug-likeness (QED) is 0.599. The Labute approximate surface area is 193 Å². The highest BCUT2D eigenvalue weighted by Gasteiger charge is 2.30. The summed E-state index contributed by atoms with van der Waals surface area (Å²) in [4.78, 5) is 2.65. The van der Waals surface area contributed by atoms with Crippen LogP contribution in [0.15, 0.2) is 47.4 Å². The molecule has 4 rings (SSSR count). The van der Waals surface area contributed by atoms with Gasteiger partial charge in [-0.25, -0.2) is 8.42 Å². The summed E-state index contributed by atoms with van der Waals surface area (Å²) in [6.07, 6.45) is 3.24. The van der Waals surface area contributed by atoms with Crippen LogP contribution < -0.4 is 9.47 Å². The highest BCUT2D eigenvalue weighted by molar-refractivity contribution is 7.93. The van der Waals surface area contributed by atoms with Crippen LogP contribution in [0.5, 0.6) is 11.5 Å². The molecule has 0 unspecified atom stereocenters. The first kappa shape index (κ1) is 23.7. The molecule has 6 nitrogen and oxygen atoms in total. The van der Waals surface area contributed by atoms with Gasteiger partial charge in [0.05, 0.1) is 12.0 Å². The summed E-state index contributed by atoms with van der Waals surface area (Å²) in [6, 6.07) is 12.6. The van der Waals surface area contributed by atoms with Crippen LogP contribution in [0.2, 0.25) is 0 Å².